The first-order valence-corrected chi connectivity index (χ1v) is 16.6. The van der Waals surface area contributed by atoms with Crippen molar-refractivity contribution in [3.8, 4) is 18.1 Å². The normalized spacial score (nSPS) is 35.0. The van der Waals surface area contributed by atoms with Crippen molar-refractivity contribution in [2.45, 2.75) is 79.6 Å². The third-order valence-corrected chi connectivity index (χ3v) is 12.4. The van der Waals surface area contributed by atoms with Crippen molar-refractivity contribution in [2.75, 3.05) is 13.2 Å². The highest BCUT2D eigenvalue weighted by atomic mass is 32.2. The van der Waals surface area contributed by atoms with Gasteiger partial charge >= 0.3 is 33.4 Å². The monoisotopic (exact) mass is 714 g/mol. The highest BCUT2D eigenvalue weighted by Crippen LogP contribution is 2.66. The SMILES string of the molecule is C#C[C@]1(O)C=C[C@H]2[C@@H]3CC=C4CC5(CC[C@@H]4[C@H]3[C@@H](c3ccc(OS(=O)(=O)C(F)(F)C(F)(F)C(F)(F)C(F)(F)F)cc3)C[C@@]21C)OCCO5. The van der Waals surface area contributed by atoms with Crippen LogP contribution in [0.25, 0.3) is 0 Å². The van der Waals surface area contributed by atoms with Crippen molar-refractivity contribution in [1.82, 2.24) is 0 Å². The second-order valence-electron chi connectivity index (χ2n) is 13.5. The van der Waals surface area contributed by atoms with Gasteiger partial charge in [-0.1, -0.05) is 42.7 Å². The standard InChI is InChI=1S/C32H31F9O6S/c1-3-27(42)12-11-24-22-9-6-19-16-28(45-14-15-46-28)13-10-21(19)25(22)23(17-26(24,27)2)18-4-7-20(8-5-18)47-48(43,44)32(40,41)30(35,36)29(33,34)31(37,38)39/h1,4-8,11-12,21-25,42H,9-10,13-17H2,2H3/t21-,22-,23+,24-,25+,26-,27-/m0/s1. The number of benzene rings is 1. The Morgan fingerprint density at radius 1 is 0.979 bits per heavy atom. The Balaban J connectivity index is 1.32. The Labute approximate surface area is 270 Å². The summed E-state index contributed by atoms with van der Waals surface area (Å²) in [6.45, 7) is 2.81. The molecule has 0 bridgehead atoms. The van der Waals surface area contributed by atoms with Crippen LogP contribution in [0.2, 0.25) is 0 Å². The fourth-order valence-corrected chi connectivity index (χ4v) is 9.54. The van der Waals surface area contributed by atoms with Gasteiger partial charge in [0.05, 0.1) is 13.2 Å². The minimum Gasteiger partial charge on any atom is -0.378 e. The lowest BCUT2D eigenvalue weighted by atomic mass is 9.47. The number of alkyl halides is 9. The summed E-state index contributed by atoms with van der Waals surface area (Å²) in [6.07, 6.45) is 7.11. The number of allylic oxidation sites excluding steroid dienone is 2. The van der Waals surface area contributed by atoms with Gasteiger partial charge in [0, 0.05) is 18.3 Å². The van der Waals surface area contributed by atoms with Gasteiger partial charge in [0.2, 0.25) is 0 Å². The van der Waals surface area contributed by atoms with E-state index in [-0.39, 0.29) is 29.6 Å². The van der Waals surface area contributed by atoms with E-state index in [1.807, 2.05) is 13.0 Å². The topological polar surface area (TPSA) is 82.1 Å². The van der Waals surface area contributed by atoms with Gasteiger partial charge in [-0.05, 0) is 72.6 Å². The summed E-state index contributed by atoms with van der Waals surface area (Å²) in [5.74, 6) is -14.6. The molecule has 2 saturated carbocycles. The summed E-state index contributed by atoms with van der Waals surface area (Å²) in [5.41, 5.74) is -0.810. The van der Waals surface area contributed by atoms with Gasteiger partial charge in [-0.2, -0.15) is 47.9 Å². The molecule has 4 aliphatic carbocycles. The molecule has 1 aromatic carbocycles. The van der Waals surface area contributed by atoms with Crippen LogP contribution in [0.4, 0.5) is 39.5 Å². The van der Waals surface area contributed by atoms with Crippen LogP contribution in [-0.2, 0) is 19.6 Å². The molecule has 1 heterocycles. The van der Waals surface area contributed by atoms with Crippen molar-refractivity contribution in [3.05, 3.63) is 53.6 Å². The van der Waals surface area contributed by atoms with E-state index in [0.717, 1.165) is 17.7 Å². The molecule has 3 fully saturated rings. The molecule has 5 aliphatic rings. The Kier molecular flexibility index (Phi) is 7.95. The first-order chi connectivity index (χ1) is 22.1. The zero-order valence-electron chi connectivity index (χ0n) is 25.3. The molecule has 1 N–H and O–H groups in total. The fraction of sp³-hybridized carbons (Fsp3) is 0.625. The highest BCUT2D eigenvalue weighted by Gasteiger charge is 2.86. The predicted molar refractivity (Wildman–Crippen MR) is 150 cm³/mol. The lowest BCUT2D eigenvalue weighted by Gasteiger charge is -2.58. The predicted octanol–water partition coefficient (Wildman–Crippen LogP) is 6.97. The van der Waals surface area contributed by atoms with Crippen molar-refractivity contribution >= 4 is 10.1 Å². The van der Waals surface area contributed by atoms with E-state index in [0.29, 0.717) is 50.9 Å². The Morgan fingerprint density at radius 3 is 2.19 bits per heavy atom. The van der Waals surface area contributed by atoms with Crippen LogP contribution in [0.15, 0.2) is 48.1 Å². The quantitative estimate of drug-likeness (QED) is 0.149. The van der Waals surface area contributed by atoms with E-state index >= 15 is 0 Å². The Bertz CT molecular complexity index is 1660. The summed E-state index contributed by atoms with van der Waals surface area (Å²) in [5, 5.41) is 4.51. The maximum absolute atomic E-state index is 14.3. The molecule has 6 rings (SSSR count). The number of hydrogen-bond donors (Lipinski definition) is 1. The minimum atomic E-state index is -7.41. The molecule has 0 unspecified atom stereocenters. The Hall–Kier alpha value is -2.74. The van der Waals surface area contributed by atoms with Gasteiger partial charge in [0.15, 0.2) is 5.79 Å². The molecule has 0 amide bonds. The molecule has 1 spiro atoms. The van der Waals surface area contributed by atoms with Crippen LogP contribution in [-0.4, -0.2) is 61.4 Å². The van der Waals surface area contributed by atoms with E-state index in [1.54, 1.807) is 6.08 Å². The second-order valence-corrected chi connectivity index (χ2v) is 15.1. The fourth-order valence-electron chi connectivity index (χ4n) is 8.63. The minimum absolute atomic E-state index is 0.0203. The first-order valence-electron chi connectivity index (χ1n) is 15.2. The van der Waals surface area contributed by atoms with Gasteiger partial charge in [-0.3, -0.25) is 0 Å². The van der Waals surface area contributed by atoms with Crippen molar-refractivity contribution in [3.63, 3.8) is 0 Å². The molecule has 6 nitrogen and oxygen atoms in total. The molecule has 0 aromatic heterocycles. The molecular weight excluding hydrogens is 683 g/mol. The zero-order chi connectivity index (χ0) is 35.3. The maximum Gasteiger partial charge on any atom is 0.460 e. The molecule has 264 valence electrons. The van der Waals surface area contributed by atoms with Crippen LogP contribution in [0.3, 0.4) is 0 Å². The molecule has 1 aliphatic heterocycles. The van der Waals surface area contributed by atoms with E-state index in [9.17, 15) is 53.0 Å². The van der Waals surface area contributed by atoms with E-state index in [4.69, 9.17) is 15.9 Å². The second kappa shape index (κ2) is 10.9. The number of fused-ring (bicyclic) bond motifs is 5. The van der Waals surface area contributed by atoms with Crippen molar-refractivity contribution in [1.29, 1.82) is 0 Å². The number of halogens is 9. The van der Waals surface area contributed by atoms with Crippen LogP contribution < -0.4 is 4.18 Å². The average molecular weight is 715 g/mol. The molecule has 48 heavy (non-hydrogen) atoms. The van der Waals surface area contributed by atoms with E-state index < -0.39 is 55.9 Å². The third-order valence-electron chi connectivity index (χ3n) is 11.1. The van der Waals surface area contributed by atoms with Gasteiger partial charge in [0.1, 0.15) is 11.4 Å². The molecule has 1 saturated heterocycles. The van der Waals surface area contributed by atoms with Crippen molar-refractivity contribution < 1.29 is 66.7 Å². The van der Waals surface area contributed by atoms with Gasteiger partial charge in [-0.25, -0.2) is 0 Å². The summed E-state index contributed by atoms with van der Waals surface area (Å²) in [7, 11) is -7.10. The van der Waals surface area contributed by atoms with Crippen molar-refractivity contribution in [2.24, 2.45) is 29.1 Å². The number of rotatable bonds is 6. The lowest BCUT2D eigenvalue weighted by molar-refractivity contribution is -0.382. The smallest absolute Gasteiger partial charge is 0.378 e. The zero-order valence-corrected chi connectivity index (χ0v) is 26.1. The summed E-state index contributed by atoms with van der Waals surface area (Å²) in [4.78, 5) is 0. The maximum atomic E-state index is 14.3. The molecule has 7 atom stereocenters. The summed E-state index contributed by atoms with van der Waals surface area (Å²) >= 11 is 0. The first kappa shape index (κ1) is 35.1. The van der Waals surface area contributed by atoms with Gasteiger partial charge in [0.25, 0.3) is 0 Å². The number of hydrogen-bond acceptors (Lipinski definition) is 6. The van der Waals surface area contributed by atoms with Crippen LogP contribution in [0.5, 0.6) is 5.75 Å². The highest BCUT2D eigenvalue weighted by molar-refractivity contribution is 7.88. The molecule has 16 heteroatoms. The largest absolute Gasteiger partial charge is 0.460 e. The molecular formula is C32H31F9O6S. The van der Waals surface area contributed by atoms with Crippen LogP contribution in [0.1, 0.15) is 50.5 Å². The number of ether oxygens (including phenoxy) is 2. The lowest BCUT2D eigenvalue weighted by Crippen LogP contribution is -2.63. The van der Waals surface area contributed by atoms with E-state index in [2.05, 4.69) is 16.2 Å². The average Bonchev–Trinajstić information content (AvgIpc) is 3.57. The summed E-state index contributed by atoms with van der Waals surface area (Å²) < 4.78 is 161. The van der Waals surface area contributed by atoms with E-state index in [1.165, 1.54) is 12.1 Å². The number of aliphatic hydroxyl groups is 1. The Morgan fingerprint density at radius 2 is 1.60 bits per heavy atom. The molecule has 0 radical (unpaired) electrons. The van der Waals surface area contributed by atoms with Crippen LogP contribution in [0, 0.1) is 41.4 Å². The van der Waals surface area contributed by atoms with Gasteiger partial charge < -0.3 is 18.8 Å². The van der Waals surface area contributed by atoms with Crippen LogP contribution >= 0.6 is 0 Å². The van der Waals surface area contributed by atoms with Gasteiger partial charge in [-0.15, -0.1) is 6.42 Å². The molecule has 1 aromatic rings. The third kappa shape index (κ3) is 4.85. The number of terminal acetylenes is 1. The summed E-state index contributed by atoms with van der Waals surface area (Å²) in [6, 6.07) is 4.20.